The van der Waals surface area contributed by atoms with Gasteiger partial charge in [-0.1, -0.05) is 12.1 Å². The smallest absolute Gasteiger partial charge is 0.191 e. The number of hydrogen-bond acceptors (Lipinski definition) is 5. The molecular formula is C22H31N3O4. The molecule has 29 heavy (non-hydrogen) atoms. The molecule has 0 bridgehead atoms. The Labute approximate surface area is 172 Å². The lowest BCUT2D eigenvalue weighted by Gasteiger charge is -2.27. The Hall–Kier alpha value is -2.51. The molecular weight excluding hydrogens is 370 g/mol. The first-order chi connectivity index (χ1) is 14.2. The zero-order valence-corrected chi connectivity index (χ0v) is 17.0. The fraction of sp³-hybridized carbons (Fsp3) is 0.500. The van der Waals surface area contributed by atoms with Gasteiger partial charge >= 0.3 is 0 Å². The van der Waals surface area contributed by atoms with E-state index in [-0.39, 0.29) is 12.0 Å². The van der Waals surface area contributed by atoms with Crippen molar-refractivity contribution < 1.29 is 19.0 Å². The van der Waals surface area contributed by atoms with Gasteiger partial charge in [0.1, 0.15) is 11.5 Å². The molecule has 7 heteroatoms. The molecule has 3 rings (SSSR count). The maximum absolute atomic E-state index is 9.45. The standard InChI is InChI=1S/C22H31N3O4/c1-27-19-6-4-18(5-7-19)15-24-21(23-11-8-20-3-2-13-29-20)25-16-22(9-12-26)10-14-28-17-22/h2-7,13,26H,8-12,14-17H2,1H3,(H2,23,24,25). The van der Waals surface area contributed by atoms with Gasteiger partial charge in [-0.2, -0.15) is 0 Å². The highest BCUT2D eigenvalue weighted by Crippen LogP contribution is 2.31. The predicted octanol–water partition coefficient (Wildman–Crippen LogP) is 2.36. The molecule has 0 spiro atoms. The summed E-state index contributed by atoms with van der Waals surface area (Å²) in [6.07, 6.45) is 4.13. The van der Waals surface area contributed by atoms with Crippen molar-refractivity contribution in [2.45, 2.75) is 25.8 Å². The summed E-state index contributed by atoms with van der Waals surface area (Å²) in [4.78, 5) is 4.74. The SMILES string of the molecule is COc1ccc(CN=C(NCCc2ccco2)NCC2(CCO)CCOC2)cc1. The molecule has 0 amide bonds. The topological polar surface area (TPSA) is 88.2 Å². The summed E-state index contributed by atoms with van der Waals surface area (Å²) >= 11 is 0. The summed E-state index contributed by atoms with van der Waals surface area (Å²) < 4.78 is 16.2. The largest absolute Gasteiger partial charge is 0.497 e. The lowest BCUT2D eigenvalue weighted by Crippen LogP contribution is -2.45. The molecule has 1 aliphatic heterocycles. The summed E-state index contributed by atoms with van der Waals surface area (Å²) in [5.41, 5.74) is 1.06. The summed E-state index contributed by atoms with van der Waals surface area (Å²) in [7, 11) is 1.66. The number of ether oxygens (including phenoxy) is 2. The van der Waals surface area contributed by atoms with Crippen LogP contribution in [0.2, 0.25) is 0 Å². The second-order valence-electron chi connectivity index (χ2n) is 7.40. The Balaban J connectivity index is 1.60. The van der Waals surface area contributed by atoms with E-state index in [4.69, 9.17) is 18.9 Å². The molecule has 0 saturated carbocycles. The fourth-order valence-electron chi connectivity index (χ4n) is 3.42. The van der Waals surface area contributed by atoms with Crippen LogP contribution in [0.15, 0.2) is 52.1 Å². The zero-order valence-electron chi connectivity index (χ0n) is 17.0. The van der Waals surface area contributed by atoms with Crippen molar-refractivity contribution in [3.63, 3.8) is 0 Å². The van der Waals surface area contributed by atoms with Crippen LogP contribution in [-0.4, -0.2) is 51.1 Å². The van der Waals surface area contributed by atoms with Gasteiger partial charge in [0.05, 0.1) is 26.5 Å². The van der Waals surface area contributed by atoms with E-state index < -0.39 is 0 Å². The Morgan fingerprint density at radius 3 is 2.76 bits per heavy atom. The first-order valence-electron chi connectivity index (χ1n) is 10.1. The van der Waals surface area contributed by atoms with Gasteiger partial charge in [0.15, 0.2) is 5.96 Å². The van der Waals surface area contributed by atoms with Crippen molar-refractivity contribution >= 4 is 5.96 Å². The Kier molecular flexibility index (Phi) is 7.95. The van der Waals surface area contributed by atoms with Crippen LogP contribution in [-0.2, 0) is 17.7 Å². The molecule has 1 fully saturated rings. The van der Waals surface area contributed by atoms with E-state index in [2.05, 4.69) is 10.6 Å². The third kappa shape index (κ3) is 6.51. The molecule has 158 valence electrons. The van der Waals surface area contributed by atoms with E-state index in [9.17, 15) is 5.11 Å². The highest BCUT2D eigenvalue weighted by molar-refractivity contribution is 5.79. The number of nitrogens with one attached hydrogen (secondary N) is 2. The first-order valence-corrected chi connectivity index (χ1v) is 10.1. The van der Waals surface area contributed by atoms with Crippen molar-refractivity contribution in [2.75, 3.05) is 40.0 Å². The number of methoxy groups -OCH3 is 1. The molecule has 2 heterocycles. The zero-order chi connectivity index (χ0) is 20.4. The molecule has 0 radical (unpaired) electrons. The average Bonchev–Trinajstić information content (AvgIpc) is 3.43. The lowest BCUT2D eigenvalue weighted by molar-refractivity contribution is 0.127. The number of rotatable bonds is 10. The van der Waals surface area contributed by atoms with E-state index in [0.29, 0.717) is 26.2 Å². The Morgan fingerprint density at radius 2 is 2.10 bits per heavy atom. The van der Waals surface area contributed by atoms with Crippen molar-refractivity contribution in [2.24, 2.45) is 10.4 Å². The summed E-state index contributed by atoms with van der Waals surface area (Å²) in [6.45, 7) is 3.55. The quantitative estimate of drug-likeness (QED) is 0.418. The minimum absolute atomic E-state index is 0.0433. The molecule has 1 aliphatic rings. The number of nitrogens with zero attached hydrogens (tertiary/aromatic N) is 1. The van der Waals surface area contributed by atoms with Crippen molar-refractivity contribution in [3.8, 4) is 5.75 Å². The maximum Gasteiger partial charge on any atom is 0.191 e. The van der Waals surface area contributed by atoms with E-state index in [1.807, 2.05) is 36.4 Å². The minimum atomic E-state index is -0.0433. The third-order valence-electron chi connectivity index (χ3n) is 5.28. The van der Waals surface area contributed by atoms with Crippen LogP contribution in [0.25, 0.3) is 0 Å². The number of aliphatic imine (C=N–C) groups is 1. The molecule has 7 nitrogen and oxygen atoms in total. The van der Waals surface area contributed by atoms with Gasteiger partial charge in [0, 0.05) is 38.1 Å². The second-order valence-corrected chi connectivity index (χ2v) is 7.40. The van der Waals surface area contributed by atoms with Crippen LogP contribution >= 0.6 is 0 Å². The van der Waals surface area contributed by atoms with Gasteiger partial charge in [-0.05, 0) is 42.7 Å². The van der Waals surface area contributed by atoms with Gasteiger partial charge in [-0.15, -0.1) is 0 Å². The number of furan rings is 1. The highest BCUT2D eigenvalue weighted by Gasteiger charge is 2.34. The van der Waals surface area contributed by atoms with E-state index in [0.717, 1.165) is 48.9 Å². The second kappa shape index (κ2) is 10.9. The molecule has 1 saturated heterocycles. The van der Waals surface area contributed by atoms with E-state index in [1.54, 1.807) is 13.4 Å². The maximum atomic E-state index is 9.45. The molecule has 1 aromatic heterocycles. The Morgan fingerprint density at radius 1 is 1.24 bits per heavy atom. The molecule has 1 unspecified atom stereocenters. The number of guanidine groups is 1. The van der Waals surface area contributed by atoms with Crippen molar-refractivity contribution in [1.82, 2.24) is 10.6 Å². The van der Waals surface area contributed by atoms with Gasteiger partial charge in [-0.3, -0.25) is 0 Å². The van der Waals surface area contributed by atoms with Crippen LogP contribution in [0.4, 0.5) is 0 Å². The number of aliphatic hydroxyl groups is 1. The van der Waals surface area contributed by atoms with Crippen LogP contribution in [0.5, 0.6) is 5.75 Å². The first kappa shape index (κ1) is 21.2. The third-order valence-corrected chi connectivity index (χ3v) is 5.28. The molecule has 3 N–H and O–H groups in total. The predicted molar refractivity (Wildman–Crippen MR) is 112 cm³/mol. The molecule has 2 aromatic rings. The van der Waals surface area contributed by atoms with Crippen LogP contribution in [0.1, 0.15) is 24.2 Å². The van der Waals surface area contributed by atoms with Gasteiger partial charge < -0.3 is 29.6 Å². The average molecular weight is 402 g/mol. The Bertz CT molecular complexity index is 738. The van der Waals surface area contributed by atoms with Gasteiger partial charge in [0.2, 0.25) is 0 Å². The minimum Gasteiger partial charge on any atom is -0.497 e. The van der Waals surface area contributed by atoms with Crippen molar-refractivity contribution in [1.29, 1.82) is 0 Å². The monoisotopic (exact) mass is 401 g/mol. The lowest BCUT2D eigenvalue weighted by atomic mass is 9.84. The van der Waals surface area contributed by atoms with Crippen LogP contribution in [0.3, 0.4) is 0 Å². The normalized spacial score (nSPS) is 19.3. The molecule has 0 aliphatic carbocycles. The number of hydrogen-bond donors (Lipinski definition) is 3. The molecule has 1 aromatic carbocycles. The highest BCUT2D eigenvalue weighted by atomic mass is 16.5. The van der Waals surface area contributed by atoms with E-state index in [1.165, 1.54) is 0 Å². The summed E-state index contributed by atoms with van der Waals surface area (Å²) in [5, 5.41) is 16.3. The summed E-state index contributed by atoms with van der Waals surface area (Å²) in [5.74, 6) is 2.52. The van der Waals surface area contributed by atoms with Crippen LogP contribution in [0, 0.1) is 5.41 Å². The molecule has 1 atom stereocenters. The van der Waals surface area contributed by atoms with E-state index >= 15 is 0 Å². The fourth-order valence-corrected chi connectivity index (χ4v) is 3.42. The number of benzene rings is 1. The van der Waals surface area contributed by atoms with Gasteiger partial charge in [0.25, 0.3) is 0 Å². The summed E-state index contributed by atoms with van der Waals surface area (Å²) in [6, 6.07) is 11.8. The van der Waals surface area contributed by atoms with Crippen LogP contribution < -0.4 is 15.4 Å². The van der Waals surface area contributed by atoms with Gasteiger partial charge in [-0.25, -0.2) is 4.99 Å². The van der Waals surface area contributed by atoms with Crippen molar-refractivity contribution in [3.05, 3.63) is 54.0 Å². The number of aliphatic hydroxyl groups excluding tert-OH is 1.